The molecule has 1 N–H and O–H groups in total. The molecule has 19 heavy (non-hydrogen) atoms. The molecule has 0 fully saturated rings. The fraction of sp³-hybridized carbons (Fsp3) is 0.538. The number of thiophene rings is 1. The minimum Gasteiger partial charge on any atom is -0.460 e. The molecule has 0 bridgehead atoms. The molecule has 0 aromatic carbocycles. The van der Waals surface area contributed by atoms with Crippen molar-refractivity contribution in [2.45, 2.75) is 45.8 Å². The van der Waals surface area contributed by atoms with Gasteiger partial charge in [-0.2, -0.15) is 0 Å². The van der Waals surface area contributed by atoms with E-state index in [1.807, 2.05) is 12.1 Å². The average Bonchev–Trinajstić information content (AvgIpc) is 2.67. The standard InChI is InChI=1S/C13H18BrNO3S/c1-13(2,3)18-12(17)7-6-11(16)15-8-9-4-5-10(14)19-9/h4-5H,6-8H2,1-3H3,(H,15,16). The van der Waals surface area contributed by atoms with E-state index < -0.39 is 5.60 Å². The van der Waals surface area contributed by atoms with Crippen LogP contribution in [0.2, 0.25) is 0 Å². The van der Waals surface area contributed by atoms with E-state index in [-0.39, 0.29) is 24.7 Å². The second kappa shape index (κ2) is 7.05. The molecule has 6 heteroatoms. The van der Waals surface area contributed by atoms with Gasteiger partial charge in [0, 0.05) is 11.3 Å². The Balaban J connectivity index is 2.23. The van der Waals surface area contributed by atoms with Crippen LogP contribution in [0.25, 0.3) is 0 Å². The maximum absolute atomic E-state index is 11.6. The predicted molar refractivity (Wildman–Crippen MR) is 78.9 cm³/mol. The smallest absolute Gasteiger partial charge is 0.306 e. The molecule has 1 amide bonds. The fourth-order valence-corrected chi connectivity index (χ4v) is 2.75. The summed E-state index contributed by atoms with van der Waals surface area (Å²) in [5, 5.41) is 2.77. The SMILES string of the molecule is CC(C)(C)OC(=O)CCC(=O)NCc1ccc(Br)s1. The van der Waals surface area contributed by atoms with Gasteiger partial charge < -0.3 is 10.1 Å². The monoisotopic (exact) mass is 347 g/mol. The largest absolute Gasteiger partial charge is 0.460 e. The van der Waals surface area contributed by atoms with Gasteiger partial charge in [0.05, 0.1) is 16.8 Å². The second-order valence-corrected chi connectivity index (χ2v) is 7.62. The predicted octanol–water partition coefficient (Wildman–Crippen LogP) is 3.25. The van der Waals surface area contributed by atoms with E-state index in [0.29, 0.717) is 6.54 Å². The zero-order chi connectivity index (χ0) is 14.5. The van der Waals surface area contributed by atoms with Gasteiger partial charge in [-0.1, -0.05) is 0 Å². The first-order valence-electron chi connectivity index (χ1n) is 5.99. The van der Waals surface area contributed by atoms with E-state index in [4.69, 9.17) is 4.74 Å². The first kappa shape index (κ1) is 16.2. The Labute approximate surface area is 125 Å². The number of carbonyl (C=O) groups is 2. The molecular formula is C13H18BrNO3S. The Kier molecular flexibility index (Phi) is 6.00. The number of amides is 1. The lowest BCUT2D eigenvalue weighted by molar-refractivity contribution is -0.155. The highest BCUT2D eigenvalue weighted by molar-refractivity contribution is 9.11. The quantitative estimate of drug-likeness (QED) is 0.831. The van der Waals surface area contributed by atoms with Crippen molar-refractivity contribution < 1.29 is 14.3 Å². The third-order valence-electron chi connectivity index (χ3n) is 2.06. The van der Waals surface area contributed by atoms with Crippen LogP contribution in [0, 0.1) is 0 Å². The summed E-state index contributed by atoms with van der Waals surface area (Å²) in [6.45, 7) is 5.91. The first-order chi connectivity index (χ1) is 8.76. The van der Waals surface area contributed by atoms with Gasteiger partial charge in [0.25, 0.3) is 0 Å². The summed E-state index contributed by atoms with van der Waals surface area (Å²) in [4.78, 5) is 24.1. The number of hydrogen-bond donors (Lipinski definition) is 1. The van der Waals surface area contributed by atoms with Gasteiger partial charge in [-0.05, 0) is 48.8 Å². The van der Waals surface area contributed by atoms with E-state index in [0.717, 1.165) is 8.66 Å². The van der Waals surface area contributed by atoms with Gasteiger partial charge >= 0.3 is 5.97 Å². The summed E-state index contributed by atoms with van der Waals surface area (Å²) in [6, 6.07) is 3.88. The van der Waals surface area contributed by atoms with Gasteiger partial charge in [0.1, 0.15) is 5.60 Å². The topological polar surface area (TPSA) is 55.4 Å². The molecule has 0 saturated heterocycles. The van der Waals surface area contributed by atoms with Gasteiger partial charge in [0.15, 0.2) is 0 Å². The highest BCUT2D eigenvalue weighted by Crippen LogP contribution is 2.21. The highest BCUT2D eigenvalue weighted by Gasteiger charge is 2.16. The molecule has 1 aromatic heterocycles. The summed E-state index contributed by atoms with van der Waals surface area (Å²) < 4.78 is 6.16. The van der Waals surface area contributed by atoms with E-state index in [9.17, 15) is 9.59 Å². The Morgan fingerprint density at radius 2 is 2.00 bits per heavy atom. The van der Waals surface area contributed by atoms with Crippen LogP contribution in [-0.2, 0) is 20.9 Å². The molecule has 0 aliphatic carbocycles. The average molecular weight is 348 g/mol. The van der Waals surface area contributed by atoms with Crippen molar-refractivity contribution in [2.24, 2.45) is 0 Å². The molecule has 0 aliphatic rings. The van der Waals surface area contributed by atoms with Crippen LogP contribution in [0.15, 0.2) is 15.9 Å². The number of nitrogens with one attached hydrogen (secondary N) is 1. The molecule has 0 aliphatic heterocycles. The Bertz CT molecular complexity index is 451. The van der Waals surface area contributed by atoms with Gasteiger partial charge in [-0.25, -0.2) is 0 Å². The van der Waals surface area contributed by atoms with Crippen LogP contribution in [-0.4, -0.2) is 17.5 Å². The highest BCUT2D eigenvalue weighted by atomic mass is 79.9. The lowest BCUT2D eigenvalue weighted by Crippen LogP contribution is -2.26. The number of hydrogen-bond acceptors (Lipinski definition) is 4. The Morgan fingerprint density at radius 3 is 2.53 bits per heavy atom. The number of halogens is 1. The first-order valence-corrected chi connectivity index (χ1v) is 7.60. The molecule has 0 spiro atoms. The molecular weight excluding hydrogens is 330 g/mol. The zero-order valence-electron chi connectivity index (χ0n) is 11.3. The van der Waals surface area contributed by atoms with E-state index >= 15 is 0 Å². The normalized spacial score (nSPS) is 11.2. The number of carbonyl (C=O) groups excluding carboxylic acids is 2. The van der Waals surface area contributed by atoms with Crippen molar-refractivity contribution in [2.75, 3.05) is 0 Å². The molecule has 106 valence electrons. The second-order valence-electron chi connectivity index (χ2n) is 5.07. The van der Waals surface area contributed by atoms with Crippen LogP contribution in [0.3, 0.4) is 0 Å². The van der Waals surface area contributed by atoms with Gasteiger partial charge in [-0.3, -0.25) is 9.59 Å². The van der Waals surface area contributed by atoms with Gasteiger partial charge in [0.2, 0.25) is 5.91 Å². The van der Waals surface area contributed by atoms with Crippen molar-refractivity contribution in [3.8, 4) is 0 Å². The lowest BCUT2D eigenvalue weighted by Gasteiger charge is -2.19. The molecule has 4 nitrogen and oxygen atoms in total. The summed E-state index contributed by atoms with van der Waals surface area (Å²) in [7, 11) is 0. The maximum atomic E-state index is 11.6. The van der Waals surface area contributed by atoms with E-state index in [2.05, 4.69) is 21.2 Å². The van der Waals surface area contributed by atoms with E-state index in [1.54, 1.807) is 32.1 Å². The Hall–Kier alpha value is -0.880. The van der Waals surface area contributed by atoms with Crippen molar-refractivity contribution in [3.63, 3.8) is 0 Å². The summed E-state index contributed by atoms with van der Waals surface area (Å²) in [5.41, 5.74) is -0.503. The molecule has 0 radical (unpaired) electrons. The third kappa shape index (κ3) is 7.32. The molecule has 1 rings (SSSR count). The van der Waals surface area contributed by atoms with Crippen LogP contribution in [0.5, 0.6) is 0 Å². The van der Waals surface area contributed by atoms with Crippen LogP contribution >= 0.6 is 27.3 Å². The van der Waals surface area contributed by atoms with Crippen molar-refractivity contribution in [1.29, 1.82) is 0 Å². The maximum Gasteiger partial charge on any atom is 0.306 e. The van der Waals surface area contributed by atoms with Gasteiger partial charge in [-0.15, -0.1) is 11.3 Å². The molecule has 0 unspecified atom stereocenters. The lowest BCUT2D eigenvalue weighted by atomic mass is 10.2. The molecule has 1 heterocycles. The Morgan fingerprint density at radius 1 is 1.32 bits per heavy atom. The molecule has 0 atom stereocenters. The fourth-order valence-electron chi connectivity index (χ4n) is 1.33. The number of rotatable bonds is 5. The summed E-state index contributed by atoms with van der Waals surface area (Å²) in [6.07, 6.45) is 0.263. The summed E-state index contributed by atoms with van der Waals surface area (Å²) >= 11 is 4.93. The minimum absolute atomic E-state index is 0.108. The third-order valence-corrected chi connectivity index (χ3v) is 3.69. The van der Waals surface area contributed by atoms with Crippen molar-refractivity contribution >= 4 is 39.1 Å². The number of ether oxygens (including phenoxy) is 1. The van der Waals surface area contributed by atoms with Crippen LogP contribution in [0.1, 0.15) is 38.5 Å². The van der Waals surface area contributed by atoms with Crippen LogP contribution in [0.4, 0.5) is 0 Å². The van der Waals surface area contributed by atoms with Crippen molar-refractivity contribution in [1.82, 2.24) is 5.32 Å². The summed E-state index contributed by atoms with van der Waals surface area (Å²) in [5.74, 6) is -0.489. The molecule has 0 saturated carbocycles. The molecule has 1 aromatic rings. The van der Waals surface area contributed by atoms with Crippen molar-refractivity contribution in [3.05, 3.63) is 20.8 Å². The van der Waals surface area contributed by atoms with Crippen LogP contribution < -0.4 is 5.32 Å². The minimum atomic E-state index is -0.503. The number of esters is 1. The van der Waals surface area contributed by atoms with E-state index in [1.165, 1.54) is 0 Å². The zero-order valence-corrected chi connectivity index (χ0v) is 13.7.